The van der Waals surface area contributed by atoms with Crippen molar-refractivity contribution in [2.24, 2.45) is 4.99 Å². The molecule has 0 saturated heterocycles. The van der Waals surface area contributed by atoms with Crippen molar-refractivity contribution in [3.05, 3.63) is 48.7 Å². The summed E-state index contributed by atoms with van der Waals surface area (Å²) in [6, 6.07) is 0. The Morgan fingerprint density at radius 1 is 1.27 bits per heavy atom. The fourth-order valence-electron chi connectivity index (χ4n) is 0.718. The van der Waals surface area contributed by atoms with E-state index in [1.807, 2.05) is 24.3 Å². The SMILES string of the molecule is C=C1C=N/C=C\C/C=C\C=C/1. The Balaban J connectivity index is 2.69. The van der Waals surface area contributed by atoms with Crippen LogP contribution in [0, 0.1) is 0 Å². The second-order valence-electron chi connectivity index (χ2n) is 2.26. The van der Waals surface area contributed by atoms with Gasteiger partial charge in [0.1, 0.15) is 0 Å². The molecule has 0 amide bonds. The maximum Gasteiger partial charge on any atom is 0.0334 e. The fraction of sp³-hybridized carbons (Fsp3) is 0.100. The van der Waals surface area contributed by atoms with Gasteiger partial charge in [-0.15, -0.1) is 0 Å². The quantitative estimate of drug-likeness (QED) is 0.497. The largest absolute Gasteiger partial charge is 0.264 e. The van der Waals surface area contributed by atoms with E-state index < -0.39 is 0 Å². The Morgan fingerprint density at radius 3 is 3.09 bits per heavy atom. The summed E-state index contributed by atoms with van der Waals surface area (Å²) in [5.41, 5.74) is 0.918. The van der Waals surface area contributed by atoms with Gasteiger partial charge in [0.25, 0.3) is 0 Å². The molecule has 1 aliphatic heterocycles. The predicted molar refractivity (Wildman–Crippen MR) is 49.7 cm³/mol. The number of hydrogen-bond acceptors (Lipinski definition) is 1. The molecular weight excluding hydrogens is 134 g/mol. The Morgan fingerprint density at radius 2 is 2.18 bits per heavy atom. The lowest BCUT2D eigenvalue weighted by Gasteiger charge is -1.87. The van der Waals surface area contributed by atoms with E-state index in [-0.39, 0.29) is 0 Å². The van der Waals surface area contributed by atoms with Gasteiger partial charge in [-0.25, -0.2) is 0 Å². The molecule has 11 heavy (non-hydrogen) atoms. The highest BCUT2D eigenvalue weighted by Crippen LogP contribution is 1.94. The fourth-order valence-corrected chi connectivity index (χ4v) is 0.718. The zero-order valence-electron chi connectivity index (χ0n) is 6.40. The molecule has 56 valence electrons. The Hall–Kier alpha value is -1.37. The molecule has 1 heteroatoms. The zero-order valence-corrected chi connectivity index (χ0v) is 6.40. The lowest BCUT2D eigenvalue weighted by atomic mass is 10.2. The molecule has 1 aliphatic rings. The predicted octanol–water partition coefficient (Wildman–Crippen LogP) is 2.64. The van der Waals surface area contributed by atoms with Gasteiger partial charge < -0.3 is 0 Å². The maximum atomic E-state index is 4.02. The van der Waals surface area contributed by atoms with Crippen molar-refractivity contribution in [1.29, 1.82) is 0 Å². The summed E-state index contributed by atoms with van der Waals surface area (Å²) in [5.74, 6) is 0. The molecule has 0 fully saturated rings. The molecule has 0 N–H and O–H groups in total. The van der Waals surface area contributed by atoms with Crippen molar-refractivity contribution in [3.63, 3.8) is 0 Å². The van der Waals surface area contributed by atoms with E-state index in [4.69, 9.17) is 0 Å². The van der Waals surface area contributed by atoms with Crippen LogP contribution in [-0.4, -0.2) is 6.21 Å². The highest BCUT2D eigenvalue weighted by atomic mass is 14.7. The van der Waals surface area contributed by atoms with Gasteiger partial charge in [-0.05, 0) is 12.0 Å². The third-order valence-electron chi connectivity index (χ3n) is 1.26. The van der Waals surface area contributed by atoms with E-state index >= 15 is 0 Å². The van der Waals surface area contributed by atoms with Crippen LogP contribution < -0.4 is 0 Å². The Kier molecular flexibility index (Phi) is 3.13. The van der Waals surface area contributed by atoms with Crippen molar-refractivity contribution in [1.82, 2.24) is 0 Å². The minimum absolute atomic E-state index is 0.918. The van der Waals surface area contributed by atoms with Gasteiger partial charge in [-0.1, -0.05) is 37.0 Å². The van der Waals surface area contributed by atoms with Crippen molar-refractivity contribution >= 4 is 6.21 Å². The summed E-state index contributed by atoms with van der Waals surface area (Å²) in [6.07, 6.45) is 14.4. The van der Waals surface area contributed by atoms with E-state index in [1.54, 1.807) is 12.4 Å². The molecule has 0 aromatic rings. The van der Waals surface area contributed by atoms with E-state index in [0.29, 0.717) is 0 Å². The molecule has 0 aliphatic carbocycles. The summed E-state index contributed by atoms with van der Waals surface area (Å²) < 4.78 is 0. The molecule has 0 atom stereocenters. The van der Waals surface area contributed by atoms with Crippen LogP contribution >= 0.6 is 0 Å². The number of aliphatic imine (C=N–C) groups is 1. The summed E-state index contributed by atoms with van der Waals surface area (Å²) in [6.45, 7) is 3.78. The lowest BCUT2D eigenvalue weighted by Crippen LogP contribution is -1.75. The molecular formula is C10H11N. The van der Waals surface area contributed by atoms with Crippen molar-refractivity contribution < 1.29 is 0 Å². The molecule has 1 rings (SSSR count). The minimum atomic E-state index is 0.918. The van der Waals surface area contributed by atoms with Crippen LogP contribution in [0.4, 0.5) is 0 Å². The topological polar surface area (TPSA) is 12.4 Å². The van der Waals surface area contributed by atoms with Crippen LogP contribution in [-0.2, 0) is 0 Å². The Labute approximate surface area is 67.2 Å². The molecule has 0 spiro atoms. The molecule has 1 heterocycles. The minimum Gasteiger partial charge on any atom is -0.264 e. The zero-order chi connectivity index (χ0) is 7.94. The number of nitrogens with zero attached hydrogens (tertiary/aromatic N) is 1. The van der Waals surface area contributed by atoms with Crippen LogP contribution in [0.2, 0.25) is 0 Å². The first kappa shape index (κ1) is 7.73. The van der Waals surface area contributed by atoms with Crippen molar-refractivity contribution in [2.75, 3.05) is 0 Å². The monoisotopic (exact) mass is 145 g/mol. The van der Waals surface area contributed by atoms with Gasteiger partial charge >= 0.3 is 0 Å². The average molecular weight is 145 g/mol. The van der Waals surface area contributed by atoms with E-state index in [9.17, 15) is 0 Å². The first-order valence-electron chi connectivity index (χ1n) is 3.60. The Bertz CT molecular complexity index is 218. The molecule has 0 radical (unpaired) electrons. The van der Waals surface area contributed by atoms with Crippen molar-refractivity contribution in [2.45, 2.75) is 6.42 Å². The third kappa shape index (κ3) is 3.36. The summed E-state index contributed by atoms with van der Waals surface area (Å²) in [7, 11) is 0. The average Bonchev–Trinajstić information content (AvgIpc) is 2.03. The standard InChI is InChI=1S/C10H11N/c1-10-7-5-3-2-4-6-8-11-9-10/h2-3,5-9H,1,4H2/b3-2-,7-5-,8-6-,11-9?. The van der Waals surface area contributed by atoms with Gasteiger partial charge in [0, 0.05) is 12.4 Å². The van der Waals surface area contributed by atoms with Gasteiger partial charge in [0.05, 0.1) is 0 Å². The summed E-state index contributed by atoms with van der Waals surface area (Å²) in [4.78, 5) is 4.02. The van der Waals surface area contributed by atoms with Gasteiger partial charge in [-0.2, -0.15) is 0 Å². The van der Waals surface area contributed by atoms with Crippen LogP contribution in [0.3, 0.4) is 0 Å². The maximum absolute atomic E-state index is 4.02. The highest BCUT2D eigenvalue weighted by Gasteiger charge is 1.79. The van der Waals surface area contributed by atoms with Crippen LogP contribution in [0.1, 0.15) is 6.42 Å². The second kappa shape index (κ2) is 4.45. The molecule has 0 saturated carbocycles. The second-order valence-corrected chi connectivity index (χ2v) is 2.26. The number of rotatable bonds is 0. The normalized spacial score (nSPS) is 26.0. The van der Waals surface area contributed by atoms with Gasteiger partial charge in [-0.3, -0.25) is 4.99 Å². The van der Waals surface area contributed by atoms with Crippen molar-refractivity contribution in [3.8, 4) is 0 Å². The first-order valence-corrected chi connectivity index (χ1v) is 3.60. The molecule has 0 aromatic heterocycles. The van der Waals surface area contributed by atoms with E-state index in [1.165, 1.54) is 0 Å². The van der Waals surface area contributed by atoms with Crippen LogP contribution in [0.25, 0.3) is 0 Å². The van der Waals surface area contributed by atoms with E-state index in [0.717, 1.165) is 12.0 Å². The summed E-state index contributed by atoms with van der Waals surface area (Å²) >= 11 is 0. The van der Waals surface area contributed by atoms with Crippen LogP contribution in [0.15, 0.2) is 53.7 Å². The third-order valence-corrected chi connectivity index (χ3v) is 1.26. The van der Waals surface area contributed by atoms with Gasteiger partial charge in [0.15, 0.2) is 0 Å². The highest BCUT2D eigenvalue weighted by molar-refractivity contribution is 5.81. The number of hydrogen-bond donors (Lipinski definition) is 0. The van der Waals surface area contributed by atoms with E-state index in [2.05, 4.69) is 17.6 Å². The first-order chi connectivity index (χ1) is 5.39. The van der Waals surface area contributed by atoms with Gasteiger partial charge in [0.2, 0.25) is 0 Å². The summed E-state index contributed by atoms with van der Waals surface area (Å²) in [5, 5.41) is 0. The molecule has 0 unspecified atom stereocenters. The lowest BCUT2D eigenvalue weighted by molar-refractivity contribution is 1.36. The molecule has 0 bridgehead atoms. The van der Waals surface area contributed by atoms with Crippen LogP contribution in [0.5, 0.6) is 0 Å². The molecule has 0 aromatic carbocycles. The number of allylic oxidation sites excluding steroid dienone is 6. The molecule has 1 nitrogen and oxygen atoms in total. The smallest absolute Gasteiger partial charge is 0.0334 e.